The first-order chi connectivity index (χ1) is 8.15. The van der Waals surface area contributed by atoms with Crippen LogP contribution in [0.1, 0.15) is 6.92 Å². The van der Waals surface area contributed by atoms with E-state index in [1.165, 1.54) is 0 Å². The van der Waals surface area contributed by atoms with E-state index in [-0.39, 0.29) is 31.0 Å². The second-order valence-corrected chi connectivity index (χ2v) is 3.87. The summed E-state index contributed by atoms with van der Waals surface area (Å²) in [6.45, 7) is 4.78. The molecule has 1 atom stereocenters. The fraction of sp³-hybridized carbons (Fsp3) is 0.800. The maximum atomic E-state index is 11.5. The standard InChI is InChI=1S/C10H20N4O3.ClH/c1-2-12-10(16)13-9(15)7-14-3-4-17-8(5-11)6-14;/h8H,2-7,11H2,1H3,(H2,12,13,15,16);1H. The molecule has 18 heavy (non-hydrogen) atoms. The maximum Gasteiger partial charge on any atom is 0.321 e. The summed E-state index contributed by atoms with van der Waals surface area (Å²) in [7, 11) is 0. The van der Waals surface area contributed by atoms with Crippen molar-refractivity contribution in [2.75, 3.05) is 39.3 Å². The fourth-order valence-electron chi connectivity index (χ4n) is 1.64. The quantitative estimate of drug-likeness (QED) is 0.608. The number of nitrogens with one attached hydrogen (secondary N) is 2. The molecule has 8 heteroatoms. The van der Waals surface area contributed by atoms with Crippen molar-refractivity contribution in [3.05, 3.63) is 0 Å². The third-order valence-corrected chi connectivity index (χ3v) is 2.44. The van der Waals surface area contributed by atoms with Crippen LogP contribution in [0.4, 0.5) is 4.79 Å². The number of carbonyl (C=O) groups excluding carboxylic acids is 2. The number of nitrogens with two attached hydrogens (primary N) is 1. The summed E-state index contributed by atoms with van der Waals surface area (Å²) in [5.41, 5.74) is 5.50. The van der Waals surface area contributed by atoms with Gasteiger partial charge in [0.1, 0.15) is 0 Å². The highest BCUT2D eigenvalue weighted by atomic mass is 35.5. The van der Waals surface area contributed by atoms with Crippen LogP contribution in [-0.2, 0) is 9.53 Å². The Morgan fingerprint density at radius 1 is 1.50 bits per heavy atom. The molecule has 0 aliphatic carbocycles. The minimum atomic E-state index is -0.457. The summed E-state index contributed by atoms with van der Waals surface area (Å²) in [5.74, 6) is -0.311. The van der Waals surface area contributed by atoms with Crippen LogP contribution in [0.15, 0.2) is 0 Å². The first-order valence-electron chi connectivity index (χ1n) is 5.77. The van der Waals surface area contributed by atoms with Gasteiger partial charge < -0.3 is 15.8 Å². The van der Waals surface area contributed by atoms with Gasteiger partial charge in [-0.15, -0.1) is 12.4 Å². The predicted molar refractivity (Wildman–Crippen MR) is 69.7 cm³/mol. The van der Waals surface area contributed by atoms with Crippen molar-refractivity contribution in [3.8, 4) is 0 Å². The van der Waals surface area contributed by atoms with Gasteiger partial charge in [-0.25, -0.2) is 4.79 Å². The SMILES string of the molecule is CCNC(=O)NC(=O)CN1CCOC(CN)C1.Cl. The molecule has 0 radical (unpaired) electrons. The van der Waals surface area contributed by atoms with Crippen LogP contribution in [0.25, 0.3) is 0 Å². The number of amides is 3. The van der Waals surface area contributed by atoms with Crippen LogP contribution in [0.2, 0.25) is 0 Å². The number of ether oxygens (including phenoxy) is 1. The third-order valence-electron chi connectivity index (χ3n) is 2.44. The summed E-state index contributed by atoms with van der Waals surface area (Å²) in [5, 5.41) is 4.76. The molecule has 106 valence electrons. The van der Waals surface area contributed by atoms with Gasteiger partial charge in [-0.05, 0) is 6.92 Å². The molecule has 0 aromatic rings. The minimum Gasteiger partial charge on any atom is -0.374 e. The van der Waals surface area contributed by atoms with Crippen molar-refractivity contribution in [2.45, 2.75) is 13.0 Å². The number of urea groups is 1. The molecule has 1 rings (SSSR count). The van der Waals surface area contributed by atoms with Crippen molar-refractivity contribution in [1.82, 2.24) is 15.5 Å². The summed E-state index contributed by atoms with van der Waals surface area (Å²) in [6, 6.07) is -0.457. The Labute approximate surface area is 113 Å². The number of imide groups is 1. The topological polar surface area (TPSA) is 96.7 Å². The molecule has 3 amide bonds. The third kappa shape index (κ3) is 6.15. The van der Waals surface area contributed by atoms with Gasteiger partial charge in [0.15, 0.2) is 0 Å². The zero-order valence-corrected chi connectivity index (χ0v) is 11.3. The molecular weight excluding hydrogens is 260 g/mol. The van der Waals surface area contributed by atoms with E-state index in [9.17, 15) is 9.59 Å². The zero-order valence-electron chi connectivity index (χ0n) is 10.5. The van der Waals surface area contributed by atoms with Gasteiger partial charge in [0, 0.05) is 26.2 Å². The number of morpholine rings is 1. The molecule has 1 fully saturated rings. The number of halogens is 1. The van der Waals surface area contributed by atoms with Crippen LogP contribution in [-0.4, -0.2) is 62.3 Å². The molecule has 1 aliphatic heterocycles. The highest BCUT2D eigenvalue weighted by Gasteiger charge is 2.21. The molecule has 0 spiro atoms. The van der Waals surface area contributed by atoms with Crippen LogP contribution in [0.3, 0.4) is 0 Å². The van der Waals surface area contributed by atoms with Gasteiger partial charge in [-0.1, -0.05) is 0 Å². The van der Waals surface area contributed by atoms with Crippen molar-refractivity contribution in [1.29, 1.82) is 0 Å². The first kappa shape index (κ1) is 17.1. The number of carbonyl (C=O) groups is 2. The van der Waals surface area contributed by atoms with E-state index in [0.717, 1.165) is 0 Å². The van der Waals surface area contributed by atoms with E-state index in [2.05, 4.69) is 10.6 Å². The number of hydrogen-bond donors (Lipinski definition) is 3. The molecule has 7 nitrogen and oxygen atoms in total. The molecule has 0 aromatic carbocycles. The minimum absolute atomic E-state index is 0. The van der Waals surface area contributed by atoms with Crippen LogP contribution < -0.4 is 16.4 Å². The molecule has 0 aromatic heterocycles. The van der Waals surface area contributed by atoms with Gasteiger partial charge in [-0.3, -0.25) is 15.0 Å². The average Bonchev–Trinajstić information content (AvgIpc) is 2.29. The lowest BCUT2D eigenvalue weighted by molar-refractivity contribution is -0.123. The summed E-state index contributed by atoms with van der Waals surface area (Å²) < 4.78 is 5.38. The fourth-order valence-corrected chi connectivity index (χ4v) is 1.64. The van der Waals surface area contributed by atoms with Crippen molar-refractivity contribution >= 4 is 24.3 Å². The normalized spacial score (nSPS) is 19.8. The van der Waals surface area contributed by atoms with Crippen LogP contribution in [0, 0.1) is 0 Å². The number of nitrogens with zero attached hydrogens (tertiary/aromatic N) is 1. The van der Waals surface area contributed by atoms with Crippen molar-refractivity contribution < 1.29 is 14.3 Å². The Hall–Kier alpha value is -0.890. The van der Waals surface area contributed by atoms with E-state index in [0.29, 0.717) is 32.8 Å². The Balaban J connectivity index is 0.00000289. The first-order valence-corrected chi connectivity index (χ1v) is 5.77. The highest BCUT2D eigenvalue weighted by molar-refractivity contribution is 5.95. The van der Waals surface area contributed by atoms with Gasteiger partial charge >= 0.3 is 6.03 Å². The molecule has 1 unspecified atom stereocenters. The lowest BCUT2D eigenvalue weighted by Gasteiger charge is -2.31. The molecule has 0 saturated carbocycles. The van der Waals surface area contributed by atoms with Gasteiger partial charge in [0.05, 0.1) is 19.3 Å². The van der Waals surface area contributed by atoms with Gasteiger partial charge in [-0.2, -0.15) is 0 Å². The van der Waals surface area contributed by atoms with Crippen LogP contribution >= 0.6 is 12.4 Å². The van der Waals surface area contributed by atoms with Gasteiger partial charge in [0.25, 0.3) is 0 Å². The second-order valence-electron chi connectivity index (χ2n) is 3.87. The molecular formula is C10H21ClN4O3. The monoisotopic (exact) mass is 280 g/mol. The van der Waals surface area contributed by atoms with E-state index in [4.69, 9.17) is 10.5 Å². The highest BCUT2D eigenvalue weighted by Crippen LogP contribution is 2.02. The maximum absolute atomic E-state index is 11.5. The summed E-state index contributed by atoms with van der Waals surface area (Å²) in [4.78, 5) is 24.5. The van der Waals surface area contributed by atoms with E-state index in [1.54, 1.807) is 6.92 Å². The predicted octanol–water partition coefficient (Wildman–Crippen LogP) is -1.09. The van der Waals surface area contributed by atoms with Crippen molar-refractivity contribution in [2.24, 2.45) is 5.73 Å². The van der Waals surface area contributed by atoms with E-state index >= 15 is 0 Å². The lowest BCUT2D eigenvalue weighted by atomic mass is 10.2. The van der Waals surface area contributed by atoms with E-state index in [1.807, 2.05) is 4.90 Å². The number of rotatable bonds is 4. The Morgan fingerprint density at radius 3 is 2.83 bits per heavy atom. The average molecular weight is 281 g/mol. The molecule has 1 aliphatic rings. The zero-order chi connectivity index (χ0) is 12.7. The Morgan fingerprint density at radius 2 is 2.22 bits per heavy atom. The Bertz CT molecular complexity index is 278. The van der Waals surface area contributed by atoms with E-state index < -0.39 is 6.03 Å². The second kappa shape index (κ2) is 9.09. The molecule has 1 heterocycles. The number of hydrogen-bond acceptors (Lipinski definition) is 5. The molecule has 1 saturated heterocycles. The summed E-state index contributed by atoms with van der Waals surface area (Å²) in [6.07, 6.45) is -0.0268. The smallest absolute Gasteiger partial charge is 0.321 e. The Kier molecular flexibility index (Phi) is 8.65. The summed E-state index contributed by atoms with van der Waals surface area (Å²) >= 11 is 0. The lowest BCUT2D eigenvalue weighted by Crippen LogP contribution is -2.50. The van der Waals surface area contributed by atoms with Gasteiger partial charge in [0.2, 0.25) is 5.91 Å². The van der Waals surface area contributed by atoms with Crippen molar-refractivity contribution in [3.63, 3.8) is 0 Å². The molecule has 0 bridgehead atoms. The largest absolute Gasteiger partial charge is 0.374 e. The van der Waals surface area contributed by atoms with Crippen LogP contribution in [0.5, 0.6) is 0 Å². The molecule has 4 N–H and O–H groups in total.